The molecule has 0 atom stereocenters. The lowest BCUT2D eigenvalue weighted by Gasteiger charge is -2.06. The van der Waals surface area contributed by atoms with Crippen molar-refractivity contribution in [1.82, 2.24) is 0 Å². The fraction of sp³-hybridized carbons (Fsp3) is 0.154. The van der Waals surface area contributed by atoms with E-state index in [4.69, 9.17) is 21.1 Å². The third-order valence-corrected chi connectivity index (χ3v) is 2.87. The summed E-state index contributed by atoms with van der Waals surface area (Å²) in [6.45, 7) is 1.92. The van der Waals surface area contributed by atoms with Gasteiger partial charge in [-0.2, -0.15) is 0 Å². The summed E-state index contributed by atoms with van der Waals surface area (Å²) in [6, 6.07) is 5.70. The number of hydrogen-bond donors (Lipinski definition) is 2. The van der Waals surface area contributed by atoms with Crippen LogP contribution in [0.5, 0.6) is 0 Å². The van der Waals surface area contributed by atoms with Crippen molar-refractivity contribution < 1.29 is 18.7 Å². The van der Waals surface area contributed by atoms with Crippen LogP contribution in [0.3, 0.4) is 0 Å². The van der Waals surface area contributed by atoms with E-state index in [0.29, 0.717) is 22.0 Å². The molecule has 0 aliphatic rings. The molecule has 2 N–H and O–H groups in total. The van der Waals surface area contributed by atoms with Crippen LogP contribution in [-0.4, -0.2) is 11.1 Å². The van der Waals surface area contributed by atoms with Gasteiger partial charge in [0.05, 0.1) is 5.69 Å². The minimum atomic E-state index is -1.13. The quantitative estimate of drug-likeness (QED) is 0.898. The Bertz CT molecular complexity index is 624. The van der Waals surface area contributed by atoms with Gasteiger partial charge in [-0.1, -0.05) is 11.6 Å². The largest absolute Gasteiger partial charge is 0.475 e. The molecule has 2 aromatic rings. The Kier molecular flexibility index (Phi) is 3.76. The first-order chi connectivity index (χ1) is 8.97. The zero-order valence-corrected chi connectivity index (χ0v) is 10.8. The maximum absolute atomic E-state index is 13.5. The van der Waals surface area contributed by atoms with Gasteiger partial charge < -0.3 is 14.8 Å². The number of furan rings is 1. The lowest BCUT2D eigenvalue weighted by atomic mass is 10.2. The van der Waals surface area contributed by atoms with Gasteiger partial charge in [-0.3, -0.25) is 0 Å². The number of anilines is 1. The van der Waals surface area contributed by atoms with E-state index in [0.717, 1.165) is 0 Å². The average molecular weight is 284 g/mol. The Labute approximate surface area is 113 Å². The molecule has 0 aliphatic heterocycles. The lowest BCUT2D eigenvalue weighted by Crippen LogP contribution is -2.01. The van der Waals surface area contributed by atoms with E-state index in [1.165, 1.54) is 18.2 Å². The number of aryl methyl sites for hydroxylation is 1. The second-order valence-electron chi connectivity index (χ2n) is 3.97. The van der Waals surface area contributed by atoms with Crippen molar-refractivity contribution in [3.63, 3.8) is 0 Å². The molecule has 0 saturated carbocycles. The fourth-order valence-electron chi connectivity index (χ4n) is 1.62. The maximum Gasteiger partial charge on any atom is 0.371 e. The minimum Gasteiger partial charge on any atom is -0.475 e. The Balaban J connectivity index is 2.12. The SMILES string of the molecule is Cc1oc(C(=O)O)cc1CNc1ccc(Cl)cc1F. The molecule has 1 aromatic carbocycles. The zero-order chi connectivity index (χ0) is 14.0. The van der Waals surface area contributed by atoms with Crippen molar-refractivity contribution in [3.8, 4) is 0 Å². The van der Waals surface area contributed by atoms with Crippen LogP contribution in [0, 0.1) is 12.7 Å². The molecule has 1 heterocycles. The second kappa shape index (κ2) is 5.32. The van der Waals surface area contributed by atoms with Crippen LogP contribution in [0.4, 0.5) is 10.1 Å². The minimum absolute atomic E-state index is 0.133. The summed E-state index contributed by atoms with van der Waals surface area (Å²) in [6.07, 6.45) is 0. The summed E-state index contributed by atoms with van der Waals surface area (Å²) in [5.41, 5.74) is 0.952. The maximum atomic E-state index is 13.5. The zero-order valence-electron chi connectivity index (χ0n) is 10.0. The summed E-state index contributed by atoms with van der Waals surface area (Å²) in [5.74, 6) is -1.25. The van der Waals surface area contributed by atoms with E-state index in [1.54, 1.807) is 13.0 Å². The van der Waals surface area contributed by atoms with Crippen LogP contribution in [0.1, 0.15) is 21.9 Å². The van der Waals surface area contributed by atoms with E-state index in [2.05, 4.69) is 5.32 Å². The molecule has 0 bridgehead atoms. The number of aromatic carboxylic acids is 1. The van der Waals surface area contributed by atoms with Crippen molar-refractivity contribution in [1.29, 1.82) is 0 Å². The normalized spacial score (nSPS) is 10.5. The van der Waals surface area contributed by atoms with Crippen LogP contribution in [-0.2, 0) is 6.54 Å². The van der Waals surface area contributed by atoms with Gasteiger partial charge in [0.1, 0.15) is 11.6 Å². The summed E-state index contributed by atoms with van der Waals surface area (Å²) >= 11 is 5.65. The van der Waals surface area contributed by atoms with Gasteiger partial charge in [0.25, 0.3) is 0 Å². The molecular weight excluding hydrogens is 273 g/mol. The van der Waals surface area contributed by atoms with E-state index in [-0.39, 0.29) is 12.3 Å². The highest BCUT2D eigenvalue weighted by Crippen LogP contribution is 2.21. The number of rotatable bonds is 4. The Morgan fingerprint density at radius 1 is 1.47 bits per heavy atom. The van der Waals surface area contributed by atoms with Gasteiger partial charge in [-0.05, 0) is 31.2 Å². The molecular formula is C13H11ClFNO3. The monoisotopic (exact) mass is 283 g/mol. The van der Waals surface area contributed by atoms with Gasteiger partial charge in [0.2, 0.25) is 5.76 Å². The number of carboxylic acid groups (broad SMARTS) is 1. The summed E-state index contributed by atoms with van der Waals surface area (Å²) in [5, 5.41) is 12.0. The Morgan fingerprint density at radius 2 is 2.21 bits per heavy atom. The van der Waals surface area contributed by atoms with Crippen LogP contribution in [0.25, 0.3) is 0 Å². The fourth-order valence-corrected chi connectivity index (χ4v) is 1.78. The molecule has 100 valence electrons. The standard InChI is InChI=1S/C13H11ClFNO3/c1-7-8(4-12(19-7)13(17)18)6-16-11-3-2-9(14)5-10(11)15/h2-5,16H,6H2,1H3,(H,17,18). The van der Waals surface area contributed by atoms with Crippen LogP contribution < -0.4 is 5.32 Å². The van der Waals surface area contributed by atoms with Crippen LogP contribution in [0.2, 0.25) is 5.02 Å². The molecule has 1 aromatic heterocycles. The highest BCUT2D eigenvalue weighted by atomic mass is 35.5. The lowest BCUT2D eigenvalue weighted by molar-refractivity contribution is 0.0661. The van der Waals surface area contributed by atoms with Gasteiger partial charge in [0.15, 0.2) is 0 Å². The molecule has 0 fully saturated rings. The van der Waals surface area contributed by atoms with Crippen molar-refractivity contribution in [3.05, 3.63) is 52.2 Å². The molecule has 4 nitrogen and oxygen atoms in total. The molecule has 0 spiro atoms. The van der Waals surface area contributed by atoms with Gasteiger partial charge in [-0.15, -0.1) is 0 Å². The van der Waals surface area contributed by atoms with E-state index in [9.17, 15) is 9.18 Å². The van der Waals surface area contributed by atoms with Crippen molar-refractivity contribution in [2.24, 2.45) is 0 Å². The molecule has 6 heteroatoms. The van der Waals surface area contributed by atoms with Gasteiger partial charge in [0, 0.05) is 17.1 Å². The van der Waals surface area contributed by atoms with Crippen LogP contribution in [0.15, 0.2) is 28.7 Å². The number of nitrogens with one attached hydrogen (secondary N) is 1. The first kappa shape index (κ1) is 13.4. The number of hydrogen-bond acceptors (Lipinski definition) is 3. The molecule has 2 rings (SSSR count). The summed E-state index contributed by atoms with van der Waals surface area (Å²) in [7, 11) is 0. The van der Waals surface area contributed by atoms with Crippen molar-refractivity contribution in [2.75, 3.05) is 5.32 Å². The van der Waals surface area contributed by atoms with E-state index >= 15 is 0 Å². The Hall–Kier alpha value is -2.01. The third-order valence-electron chi connectivity index (χ3n) is 2.63. The van der Waals surface area contributed by atoms with Crippen molar-refractivity contribution in [2.45, 2.75) is 13.5 Å². The van der Waals surface area contributed by atoms with Crippen molar-refractivity contribution >= 4 is 23.3 Å². The van der Waals surface area contributed by atoms with E-state index in [1.807, 2.05) is 0 Å². The first-order valence-corrected chi connectivity index (χ1v) is 5.86. The number of carbonyl (C=O) groups is 1. The van der Waals surface area contributed by atoms with Gasteiger partial charge in [-0.25, -0.2) is 9.18 Å². The summed E-state index contributed by atoms with van der Waals surface area (Å²) < 4.78 is 18.6. The molecule has 0 saturated heterocycles. The summed E-state index contributed by atoms with van der Waals surface area (Å²) in [4.78, 5) is 10.7. The number of carboxylic acids is 1. The highest BCUT2D eigenvalue weighted by Gasteiger charge is 2.13. The highest BCUT2D eigenvalue weighted by molar-refractivity contribution is 6.30. The molecule has 0 aliphatic carbocycles. The number of halogens is 2. The second-order valence-corrected chi connectivity index (χ2v) is 4.41. The topological polar surface area (TPSA) is 62.5 Å². The predicted molar refractivity (Wildman–Crippen MR) is 69.1 cm³/mol. The smallest absolute Gasteiger partial charge is 0.371 e. The third kappa shape index (κ3) is 3.06. The molecule has 0 unspecified atom stereocenters. The molecule has 0 amide bonds. The van der Waals surface area contributed by atoms with Crippen LogP contribution >= 0.6 is 11.6 Å². The first-order valence-electron chi connectivity index (χ1n) is 5.49. The molecule has 0 radical (unpaired) electrons. The Morgan fingerprint density at radius 3 is 2.79 bits per heavy atom. The van der Waals surface area contributed by atoms with Gasteiger partial charge >= 0.3 is 5.97 Å². The predicted octanol–water partition coefficient (Wildman–Crippen LogP) is 3.69. The average Bonchev–Trinajstić information content (AvgIpc) is 2.70. The van der Waals surface area contributed by atoms with E-state index < -0.39 is 11.8 Å². The molecule has 19 heavy (non-hydrogen) atoms. The number of benzene rings is 1.